The van der Waals surface area contributed by atoms with Gasteiger partial charge < -0.3 is 10.1 Å². The molecule has 2 aliphatic rings. The van der Waals surface area contributed by atoms with Gasteiger partial charge >= 0.3 is 5.97 Å². The summed E-state index contributed by atoms with van der Waals surface area (Å²) in [6, 6.07) is 18.1. The molecule has 0 bridgehead atoms. The quantitative estimate of drug-likeness (QED) is 0.586. The Bertz CT molecular complexity index is 946. The molecule has 1 N–H and O–H groups in total. The Labute approximate surface area is 172 Å². The average molecular weight is 408 g/mol. The Kier molecular flexibility index (Phi) is 5.67. The molecule has 7 heteroatoms. The summed E-state index contributed by atoms with van der Waals surface area (Å²) in [6.07, 6.45) is 1.91. The third kappa shape index (κ3) is 4.19. The highest BCUT2D eigenvalue weighted by Gasteiger charge is 2.52. The van der Waals surface area contributed by atoms with Crippen LogP contribution in [0.15, 0.2) is 72.4 Å². The molecule has 29 heavy (non-hydrogen) atoms. The summed E-state index contributed by atoms with van der Waals surface area (Å²) in [5.41, 5.74) is 2.02. The highest BCUT2D eigenvalue weighted by molar-refractivity contribution is 8.00. The number of carbonyl (C=O) groups is 3. The summed E-state index contributed by atoms with van der Waals surface area (Å²) < 4.78 is 5.37. The summed E-state index contributed by atoms with van der Waals surface area (Å²) in [4.78, 5) is 38.9. The molecule has 0 unspecified atom stereocenters. The number of amides is 2. The Balaban J connectivity index is 1.35. The van der Waals surface area contributed by atoms with E-state index in [4.69, 9.17) is 4.74 Å². The van der Waals surface area contributed by atoms with Gasteiger partial charge in [0.15, 0.2) is 0 Å². The van der Waals surface area contributed by atoms with Gasteiger partial charge in [-0.25, -0.2) is 4.79 Å². The third-order valence-electron chi connectivity index (χ3n) is 4.79. The molecule has 0 spiro atoms. The largest absolute Gasteiger partial charge is 0.456 e. The zero-order valence-corrected chi connectivity index (χ0v) is 16.4. The number of nitrogens with one attached hydrogen (secondary N) is 1. The summed E-state index contributed by atoms with van der Waals surface area (Å²) >= 11 is 1.51. The van der Waals surface area contributed by atoms with Gasteiger partial charge in [0.25, 0.3) is 5.91 Å². The van der Waals surface area contributed by atoms with E-state index in [0.29, 0.717) is 5.75 Å². The van der Waals surface area contributed by atoms with Crippen LogP contribution in [0, 0.1) is 0 Å². The van der Waals surface area contributed by atoms with Gasteiger partial charge in [0.05, 0.1) is 6.42 Å². The Hall–Kier alpha value is -3.06. The van der Waals surface area contributed by atoms with E-state index in [-0.39, 0.29) is 35.9 Å². The van der Waals surface area contributed by atoms with Crippen molar-refractivity contribution < 1.29 is 19.1 Å². The number of fused-ring (bicyclic) bond motifs is 1. The first-order chi connectivity index (χ1) is 14.1. The van der Waals surface area contributed by atoms with Gasteiger partial charge in [0.1, 0.15) is 23.7 Å². The summed E-state index contributed by atoms with van der Waals surface area (Å²) in [5.74, 6) is -0.444. The fraction of sp³-hybridized carbons (Fsp3) is 0.227. The molecular weight excluding hydrogens is 388 g/mol. The number of thioether (sulfide) groups is 1. The van der Waals surface area contributed by atoms with Crippen LogP contribution in [0.5, 0.6) is 0 Å². The van der Waals surface area contributed by atoms with Crippen molar-refractivity contribution in [2.75, 3.05) is 5.75 Å². The number of benzene rings is 2. The summed E-state index contributed by atoms with van der Waals surface area (Å²) in [7, 11) is 0. The van der Waals surface area contributed by atoms with Crippen LogP contribution in [0.25, 0.3) is 0 Å². The number of hydrogen-bond donors (Lipinski definition) is 1. The molecule has 2 heterocycles. The van der Waals surface area contributed by atoms with Crippen molar-refractivity contribution in [1.82, 2.24) is 10.2 Å². The zero-order chi connectivity index (χ0) is 20.2. The molecule has 2 aromatic carbocycles. The van der Waals surface area contributed by atoms with Crippen molar-refractivity contribution in [2.45, 2.75) is 24.4 Å². The molecule has 0 saturated carbocycles. The third-order valence-corrected chi connectivity index (χ3v) is 5.98. The standard InChI is InChI=1S/C22H20N2O4S/c25-18(13-15-7-3-1-4-8-15)23-19-20(26)24-17(11-12-29-21(19)24)22(27)28-14-16-9-5-2-6-10-16/h1-11,19,21H,12-14H2,(H,23,25)/t19-,21-/m1/s1. The lowest BCUT2D eigenvalue weighted by Crippen LogP contribution is -2.70. The second-order valence-electron chi connectivity index (χ2n) is 6.79. The highest BCUT2D eigenvalue weighted by Crippen LogP contribution is 2.37. The molecule has 6 nitrogen and oxygen atoms in total. The van der Waals surface area contributed by atoms with E-state index in [0.717, 1.165) is 11.1 Å². The van der Waals surface area contributed by atoms with Gasteiger partial charge in [-0.2, -0.15) is 0 Å². The zero-order valence-electron chi connectivity index (χ0n) is 15.6. The Morgan fingerprint density at radius 1 is 1.03 bits per heavy atom. The fourth-order valence-electron chi connectivity index (χ4n) is 3.33. The molecule has 2 atom stereocenters. The molecule has 2 amide bonds. The molecule has 0 aromatic heterocycles. The topological polar surface area (TPSA) is 75.7 Å². The van der Waals surface area contributed by atoms with Gasteiger partial charge in [-0.15, -0.1) is 11.8 Å². The van der Waals surface area contributed by atoms with Crippen molar-refractivity contribution >= 4 is 29.5 Å². The second kappa shape index (κ2) is 8.53. The van der Waals surface area contributed by atoms with Crippen LogP contribution in [0.1, 0.15) is 11.1 Å². The van der Waals surface area contributed by atoms with E-state index in [1.165, 1.54) is 16.7 Å². The van der Waals surface area contributed by atoms with Crippen LogP contribution in [0.3, 0.4) is 0 Å². The van der Waals surface area contributed by atoms with Gasteiger partial charge in [-0.05, 0) is 17.2 Å². The number of ether oxygens (including phenoxy) is 1. The maximum Gasteiger partial charge on any atom is 0.355 e. The average Bonchev–Trinajstić information content (AvgIpc) is 2.76. The van der Waals surface area contributed by atoms with Crippen molar-refractivity contribution in [3.63, 3.8) is 0 Å². The van der Waals surface area contributed by atoms with Gasteiger partial charge in [0.2, 0.25) is 5.91 Å². The Morgan fingerprint density at radius 2 is 1.69 bits per heavy atom. The molecule has 0 aliphatic carbocycles. The van der Waals surface area contributed by atoms with E-state index in [2.05, 4.69) is 5.32 Å². The van der Waals surface area contributed by atoms with Gasteiger partial charge in [0, 0.05) is 5.75 Å². The second-order valence-corrected chi connectivity index (χ2v) is 7.94. The first-order valence-corrected chi connectivity index (χ1v) is 10.4. The number of esters is 1. The van der Waals surface area contributed by atoms with Crippen LogP contribution >= 0.6 is 11.8 Å². The predicted octanol–water partition coefficient (Wildman–Crippen LogP) is 2.26. The maximum atomic E-state index is 12.6. The minimum Gasteiger partial charge on any atom is -0.456 e. The van der Waals surface area contributed by atoms with Crippen LogP contribution in [-0.2, 0) is 32.1 Å². The predicted molar refractivity (Wildman–Crippen MR) is 109 cm³/mol. The molecule has 1 saturated heterocycles. The lowest BCUT2D eigenvalue weighted by Gasteiger charge is -2.48. The normalized spacial score (nSPS) is 20.2. The van der Waals surface area contributed by atoms with Crippen LogP contribution in [0.2, 0.25) is 0 Å². The van der Waals surface area contributed by atoms with E-state index < -0.39 is 12.0 Å². The van der Waals surface area contributed by atoms with E-state index in [1.54, 1.807) is 6.08 Å². The summed E-state index contributed by atoms with van der Waals surface area (Å²) in [6.45, 7) is 0.147. The lowest BCUT2D eigenvalue weighted by atomic mass is 10.0. The first-order valence-electron chi connectivity index (χ1n) is 9.32. The summed E-state index contributed by atoms with van der Waals surface area (Å²) in [5, 5.41) is 2.52. The number of rotatable bonds is 6. The van der Waals surface area contributed by atoms with Crippen LogP contribution < -0.4 is 5.32 Å². The van der Waals surface area contributed by atoms with E-state index in [9.17, 15) is 14.4 Å². The number of hydrogen-bond acceptors (Lipinski definition) is 5. The van der Waals surface area contributed by atoms with Crippen molar-refractivity contribution in [3.05, 3.63) is 83.6 Å². The van der Waals surface area contributed by atoms with Crippen molar-refractivity contribution in [2.24, 2.45) is 0 Å². The first kappa shape index (κ1) is 19.3. The smallest absolute Gasteiger partial charge is 0.355 e. The van der Waals surface area contributed by atoms with Crippen molar-refractivity contribution in [3.8, 4) is 0 Å². The molecule has 1 fully saturated rings. The molecule has 0 radical (unpaired) electrons. The molecule has 148 valence electrons. The van der Waals surface area contributed by atoms with Crippen LogP contribution in [0.4, 0.5) is 0 Å². The molecule has 2 aromatic rings. The maximum absolute atomic E-state index is 12.6. The van der Waals surface area contributed by atoms with E-state index in [1.807, 2.05) is 60.7 Å². The van der Waals surface area contributed by atoms with Gasteiger partial charge in [-0.3, -0.25) is 14.5 Å². The van der Waals surface area contributed by atoms with E-state index >= 15 is 0 Å². The minimum absolute atomic E-state index is 0.147. The number of β-lactam (4-membered cyclic amide) rings is 1. The number of carbonyl (C=O) groups excluding carboxylic acids is 3. The number of nitrogens with zero attached hydrogens (tertiary/aromatic N) is 1. The molecular formula is C22H20N2O4S. The molecule has 2 aliphatic heterocycles. The van der Waals surface area contributed by atoms with Crippen LogP contribution in [-0.4, -0.2) is 39.9 Å². The lowest BCUT2D eigenvalue weighted by molar-refractivity contribution is -0.153. The monoisotopic (exact) mass is 408 g/mol. The molecule has 4 rings (SSSR count). The van der Waals surface area contributed by atoms with Gasteiger partial charge in [-0.1, -0.05) is 60.7 Å². The highest BCUT2D eigenvalue weighted by atomic mass is 32.2. The SMILES string of the molecule is O=C(Cc1ccccc1)N[C@@H]1C(=O)N2C(C(=O)OCc3ccccc3)=CCS[C@H]12. The fourth-order valence-corrected chi connectivity index (χ4v) is 4.53. The minimum atomic E-state index is -0.623. The van der Waals surface area contributed by atoms with Crippen molar-refractivity contribution in [1.29, 1.82) is 0 Å². The Morgan fingerprint density at radius 3 is 2.38 bits per heavy atom.